The lowest BCUT2D eigenvalue weighted by molar-refractivity contribution is 0.0527. The van der Waals surface area contributed by atoms with E-state index in [1.54, 1.807) is 19.1 Å². The van der Waals surface area contributed by atoms with Gasteiger partial charge in [-0.2, -0.15) is 0 Å². The predicted molar refractivity (Wildman–Crippen MR) is 106 cm³/mol. The fourth-order valence-electron chi connectivity index (χ4n) is 3.27. The van der Waals surface area contributed by atoms with E-state index < -0.39 is 11.6 Å². The van der Waals surface area contributed by atoms with Gasteiger partial charge in [0.05, 0.1) is 17.6 Å². The summed E-state index contributed by atoms with van der Waals surface area (Å²) in [4.78, 5) is 25.1. The summed E-state index contributed by atoms with van der Waals surface area (Å²) in [7, 11) is 0. The summed E-state index contributed by atoms with van der Waals surface area (Å²) in [6.07, 6.45) is 0. The van der Waals surface area contributed by atoms with E-state index in [2.05, 4.69) is 0 Å². The number of rotatable bonds is 3. The van der Waals surface area contributed by atoms with Gasteiger partial charge in [0, 0.05) is 10.8 Å². The summed E-state index contributed by atoms with van der Waals surface area (Å²) in [5, 5.41) is 1.95. The van der Waals surface area contributed by atoms with Crippen LogP contribution in [0.5, 0.6) is 0 Å². The van der Waals surface area contributed by atoms with Crippen molar-refractivity contribution in [2.24, 2.45) is 0 Å². The highest BCUT2D eigenvalue weighted by Crippen LogP contribution is 2.32. The van der Waals surface area contributed by atoms with Crippen LogP contribution in [-0.4, -0.2) is 12.6 Å². The third kappa shape index (κ3) is 2.99. The van der Waals surface area contributed by atoms with Crippen molar-refractivity contribution in [3.63, 3.8) is 0 Å². The molecule has 1 heterocycles. The maximum atomic E-state index is 12.6. The van der Waals surface area contributed by atoms with Gasteiger partial charge in [-0.1, -0.05) is 48.0 Å². The molecule has 0 radical (unpaired) electrons. The molecule has 3 aromatic carbocycles. The minimum atomic E-state index is -0.468. The van der Waals surface area contributed by atoms with E-state index in [4.69, 9.17) is 9.15 Å². The molecule has 0 aliphatic rings. The van der Waals surface area contributed by atoms with Crippen molar-refractivity contribution >= 4 is 27.7 Å². The summed E-state index contributed by atoms with van der Waals surface area (Å²) in [6, 6.07) is 18.8. The molecule has 0 saturated carbocycles. The Hall–Kier alpha value is -3.40. The van der Waals surface area contributed by atoms with Crippen molar-refractivity contribution in [1.82, 2.24) is 0 Å². The first-order valence-electron chi connectivity index (χ1n) is 8.82. The van der Waals surface area contributed by atoms with E-state index in [1.165, 1.54) is 0 Å². The first-order valence-corrected chi connectivity index (χ1v) is 8.82. The lowest BCUT2D eigenvalue weighted by atomic mass is 9.94. The Morgan fingerprint density at radius 2 is 1.70 bits per heavy atom. The summed E-state index contributed by atoms with van der Waals surface area (Å²) in [5.41, 5.74) is 3.16. The van der Waals surface area contributed by atoms with Crippen LogP contribution in [0.1, 0.15) is 22.8 Å². The van der Waals surface area contributed by atoms with Crippen molar-refractivity contribution < 1.29 is 13.9 Å². The molecular formula is C23H18O4. The molecule has 0 saturated heterocycles. The van der Waals surface area contributed by atoms with Crippen LogP contribution in [0.3, 0.4) is 0 Å². The van der Waals surface area contributed by atoms with Gasteiger partial charge in [0.2, 0.25) is 0 Å². The van der Waals surface area contributed by atoms with Crippen molar-refractivity contribution in [2.45, 2.75) is 13.8 Å². The number of para-hydroxylation sites is 1. The summed E-state index contributed by atoms with van der Waals surface area (Å²) in [5.74, 6) is -0.456. The van der Waals surface area contributed by atoms with Crippen molar-refractivity contribution in [1.29, 1.82) is 0 Å². The van der Waals surface area contributed by atoms with Crippen LogP contribution in [0.4, 0.5) is 0 Å². The van der Waals surface area contributed by atoms with Gasteiger partial charge in [0.25, 0.3) is 0 Å². The molecule has 4 rings (SSSR count). The maximum Gasteiger partial charge on any atom is 0.344 e. The SMILES string of the molecule is CCOC(=O)c1cc2c(=O)oc3ccccc3c2cc1-c1ccc(C)cc1. The number of hydrogen-bond acceptors (Lipinski definition) is 4. The molecular weight excluding hydrogens is 340 g/mol. The Bertz CT molecular complexity index is 1220. The first kappa shape index (κ1) is 17.0. The van der Waals surface area contributed by atoms with Crippen molar-refractivity contribution in [3.8, 4) is 11.1 Å². The third-order valence-electron chi connectivity index (χ3n) is 4.62. The zero-order valence-corrected chi connectivity index (χ0v) is 15.1. The second-order valence-electron chi connectivity index (χ2n) is 6.42. The number of esters is 1. The van der Waals surface area contributed by atoms with Gasteiger partial charge in [0.1, 0.15) is 5.58 Å². The summed E-state index contributed by atoms with van der Waals surface area (Å²) < 4.78 is 10.6. The molecule has 0 amide bonds. The molecule has 0 atom stereocenters. The lowest BCUT2D eigenvalue weighted by Gasteiger charge is -2.12. The number of fused-ring (bicyclic) bond motifs is 3. The monoisotopic (exact) mass is 358 g/mol. The number of carbonyl (C=O) groups is 1. The number of carbonyl (C=O) groups excluding carboxylic acids is 1. The molecule has 0 aliphatic carbocycles. The van der Waals surface area contributed by atoms with Crippen LogP contribution in [0.15, 0.2) is 69.9 Å². The molecule has 0 N–H and O–H groups in total. The molecule has 4 aromatic rings. The number of hydrogen-bond donors (Lipinski definition) is 0. The Labute approximate surface area is 156 Å². The summed E-state index contributed by atoms with van der Waals surface area (Å²) >= 11 is 0. The maximum absolute atomic E-state index is 12.6. The van der Waals surface area contributed by atoms with E-state index in [0.29, 0.717) is 16.5 Å². The molecule has 0 unspecified atom stereocenters. The third-order valence-corrected chi connectivity index (χ3v) is 4.62. The minimum Gasteiger partial charge on any atom is -0.462 e. The second kappa shape index (κ2) is 6.72. The highest BCUT2D eigenvalue weighted by molar-refractivity contribution is 6.10. The molecule has 4 heteroatoms. The van der Waals surface area contributed by atoms with Gasteiger partial charge in [0.15, 0.2) is 0 Å². The molecule has 4 nitrogen and oxygen atoms in total. The average Bonchev–Trinajstić information content (AvgIpc) is 2.68. The van der Waals surface area contributed by atoms with E-state index in [1.807, 2.05) is 55.5 Å². The van der Waals surface area contributed by atoms with Gasteiger partial charge in [-0.05, 0) is 43.2 Å². The summed E-state index contributed by atoms with van der Waals surface area (Å²) in [6.45, 7) is 4.03. The molecule has 0 bridgehead atoms. The molecule has 0 aliphatic heterocycles. The van der Waals surface area contributed by atoms with Gasteiger partial charge >= 0.3 is 11.6 Å². The average molecular weight is 358 g/mol. The fraction of sp³-hybridized carbons (Fsp3) is 0.130. The Morgan fingerprint density at radius 3 is 2.44 bits per heavy atom. The second-order valence-corrected chi connectivity index (χ2v) is 6.42. The topological polar surface area (TPSA) is 56.5 Å². The number of aryl methyl sites for hydroxylation is 1. The molecule has 0 fully saturated rings. The largest absolute Gasteiger partial charge is 0.462 e. The highest BCUT2D eigenvalue weighted by atomic mass is 16.5. The number of ether oxygens (including phenoxy) is 1. The van der Waals surface area contributed by atoms with Crippen LogP contribution < -0.4 is 5.63 Å². The van der Waals surface area contributed by atoms with E-state index in [-0.39, 0.29) is 6.61 Å². The standard InChI is InChI=1S/C23H18O4/c1-3-26-22(24)19-13-20-18(12-17(19)15-10-8-14(2)9-11-15)16-6-4-5-7-21(16)27-23(20)25/h4-13H,3H2,1-2H3. The zero-order valence-electron chi connectivity index (χ0n) is 15.1. The Morgan fingerprint density at radius 1 is 0.963 bits per heavy atom. The van der Waals surface area contributed by atoms with Crippen LogP contribution in [0, 0.1) is 6.92 Å². The van der Waals surface area contributed by atoms with E-state index in [0.717, 1.165) is 27.5 Å². The van der Waals surface area contributed by atoms with Crippen molar-refractivity contribution in [3.05, 3.63) is 82.2 Å². The van der Waals surface area contributed by atoms with E-state index >= 15 is 0 Å². The lowest BCUT2D eigenvalue weighted by Crippen LogP contribution is -2.09. The number of benzene rings is 3. The van der Waals surface area contributed by atoms with Gasteiger partial charge in [-0.3, -0.25) is 0 Å². The van der Waals surface area contributed by atoms with Crippen LogP contribution in [0.2, 0.25) is 0 Å². The van der Waals surface area contributed by atoms with Crippen LogP contribution >= 0.6 is 0 Å². The van der Waals surface area contributed by atoms with Crippen LogP contribution in [0.25, 0.3) is 32.9 Å². The zero-order chi connectivity index (χ0) is 19.0. The van der Waals surface area contributed by atoms with Gasteiger partial charge in [-0.15, -0.1) is 0 Å². The Kier molecular flexibility index (Phi) is 4.24. The first-order chi connectivity index (χ1) is 13.1. The molecule has 27 heavy (non-hydrogen) atoms. The fourth-order valence-corrected chi connectivity index (χ4v) is 3.27. The van der Waals surface area contributed by atoms with Gasteiger partial charge in [-0.25, -0.2) is 9.59 Å². The minimum absolute atomic E-state index is 0.260. The smallest absolute Gasteiger partial charge is 0.344 e. The molecule has 134 valence electrons. The molecule has 1 aromatic heterocycles. The Balaban J connectivity index is 2.10. The predicted octanol–water partition coefficient (Wildman–Crippen LogP) is 5.10. The van der Waals surface area contributed by atoms with E-state index in [9.17, 15) is 9.59 Å². The quantitative estimate of drug-likeness (QED) is 0.290. The van der Waals surface area contributed by atoms with Crippen molar-refractivity contribution in [2.75, 3.05) is 6.61 Å². The van der Waals surface area contributed by atoms with Crippen LogP contribution in [-0.2, 0) is 4.74 Å². The molecule has 0 spiro atoms. The normalized spacial score (nSPS) is 11.0. The van der Waals surface area contributed by atoms with Gasteiger partial charge < -0.3 is 9.15 Å². The highest BCUT2D eigenvalue weighted by Gasteiger charge is 2.18.